The van der Waals surface area contributed by atoms with Crippen molar-refractivity contribution in [1.82, 2.24) is 9.97 Å². The molecule has 0 spiro atoms. The van der Waals surface area contributed by atoms with Crippen LogP contribution in [0.2, 0.25) is 0 Å². The Morgan fingerprint density at radius 3 is 1.31 bits per heavy atom. The fraction of sp³-hybridized carbons (Fsp3) is 0.308. The minimum absolute atomic E-state index is 0. The van der Waals surface area contributed by atoms with E-state index in [0.29, 0.717) is 35.0 Å². The van der Waals surface area contributed by atoms with E-state index < -0.39 is 23.9 Å². The Morgan fingerprint density at radius 1 is 0.692 bits per heavy atom. The van der Waals surface area contributed by atoms with Crippen LogP contribution in [0.1, 0.15) is 60.7 Å². The molecular formula is C26H24CoF6N2O2S2. The molecule has 2 N–H and O–H groups in total. The minimum atomic E-state index is -4.74. The number of nitrogens with zero attached hydrogens (tertiary/aromatic N) is 2. The van der Waals surface area contributed by atoms with Crippen LogP contribution < -0.4 is 0 Å². The standard InChI is InChI=1S/2C13H12F3NOS.Co/c2*1-7(2)8-3-4-9-10(5-8)19-12(17-9)6-11(18)13(14,15)16;/h2*3-7,18H,1-2H3;. The van der Waals surface area contributed by atoms with Crippen molar-refractivity contribution in [2.75, 3.05) is 0 Å². The van der Waals surface area contributed by atoms with Crippen LogP contribution in [0.15, 0.2) is 47.9 Å². The van der Waals surface area contributed by atoms with E-state index in [-0.39, 0.29) is 26.8 Å². The Hall–Kier alpha value is -2.61. The first kappa shape index (κ1) is 32.6. The van der Waals surface area contributed by atoms with E-state index >= 15 is 0 Å². The molecule has 0 amide bonds. The Bertz CT molecular complexity index is 1380. The van der Waals surface area contributed by atoms with E-state index in [1.807, 2.05) is 52.0 Å². The Labute approximate surface area is 238 Å². The van der Waals surface area contributed by atoms with Gasteiger partial charge in [0.1, 0.15) is 10.0 Å². The zero-order valence-electron chi connectivity index (χ0n) is 21.0. The third-order valence-electron chi connectivity index (χ3n) is 5.29. The number of aromatic nitrogens is 2. The van der Waals surface area contributed by atoms with Crippen molar-refractivity contribution in [2.45, 2.75) is 51.9 Å². The predicted octanol–water partition coefficient (Wildman–Crippen LogP) is 9.76. The molecule has 0 aliphatic rings. The third kappa shape index (κ3) is 8.69. The second-order valence-corrected chi connectivity index (χ2v) is 11.0. The van der Waals surface area contributed by atoms with Gasteiger partial charge in [-0.1, -0.05) is 39.8 Å². The SMILES string of the molecule is CC(C)c1ccc2nc(C=C(O)C(F)(F)F)sc2c1.CC(C)c1ccc2nc(C=C(O)C(F)(F)F)sc2c1.[Co]. The van der Waals surface area contributed by atoms with Gasteiger partial charge in [-0.15, -0.1) is 22.7 Å². The van der Waals surface area contributed by atoms with Crippen LogP contribution in [0.3, 0.4) is 0 Å². The Balaban J connectivity index is 0.000000267. The molecule has 1 radical (unpaired) electrons. The zero-order chi connectivity index (χ0) is 28.4. The summed E-state index contributed by atoms with van der Waals surface area (Å²) >= 11 is 2.25. The maximum atomic E-state index is 12.2. The molecule has 2 aromatic carbocycles. The van der Waals surface area contributed by atoms with E-state index in [9.17, 15) is 26.3 Å². The van der Waals surface area contributed by atoms with Crippen LogP contribution in [0.5, 0.6) is 0 Å². The largest absolute Gasteiger partial charge is 0.504 e. The second kappa shape index (κ2) is 12.7. The Morgan fingerprint density at radius 2 is 1.03 bits per heavy atom. The molecule has 213 valence electrons. The van der Waals surface area contributed by atoms with Crippen molar-refractivity contribution >= 4 is 55.3 Å². The van der Waals surface area contributed by atoms with E-state index in [1.165, 1.54) is 0 Å². The van der Waals surface area contributed by atoms with Crippen molar-refractivity contribution in [2.24, 2.45) is 0 Å². The summed E-state index contributed by atoms with van der Waals surface area (Å²) in [5.41, 5.74) is 3.48. The summed E-state index contributed by atoms with van der Waals surface area (Å²) in [7, 11) is 0. The first-order chi connectivity index (χ1) is 17.5. The van der Waals surface area contributed by atoms with Crippen molar-refractivity contribution in [3.8, 4) is 0 Å². The fourth-order valence-corrected chi connectivity index (χ4v) is 5.06. The summed E-state index contributed by atoms with van der Waals surface area (Å²) in [5.74, 6) is -2.57. The van der Waals surface area contributed by atoms with E-state index in [1.54, 1.807) is 12.1 Å². The average Bonchev–Trinajstić information content (AvgIpc) is 3.39. The maximum absolute atomic E-state index is 12.2. The molecule has 0 fully saturated rings. The van der Waals surface area contributed by atoms with Crippen molar-refractivity contribution in [1.29, 1.82) is 0 Å². The van der Waals surface area contributed by atoms with Gasteiger partial charge < -0.3 is 10.2 Å². The number of rotatable bonds is 4. The van der Waals surface area contributed by atoms with Gasteiger partial charge in [0.25, 0.3) is 0 Å². The van der Waals surface area contributed by atoms with Crippen molar-refractivity contribution in [3.63, 3.8) is 0 Å². The van der Waals surface area contributed by atoms with Gasteiger partial charge in [-0.3, -0.25) is 0 Å². The van der Waals surface area contributed by atoms with Crippen LogP contribution in [-0.4, -0.2) is 32.5 Å². The van der Waals surface area contributed by atoms with Gasteiger partial charge in [0.2, 0.25) is 11.5 Å². The molecule has 2 aromatic heterocycles. The first-order valence-electron chi connectivity index (χ1n) is 11.3. The third-order valence-corrected chi connectivity index (χ3v) is 7.22. The minimum Gasteiger partial charge on any atom is -0.504 e. The van der Waals surface area contributed by atoms with Crippen LogP contribution in [0.25, 0.3) is 32.6 Å². The van der Waals surface area contributed by atoms with Gasteiger partial charge >= 0.3 is 12.4 Å². The molecule has 4 rings (SSSR count). The van der Waals surface area contributed by atoms with Gasteiger partial charge in [0, 0.05) is 28.9 Å². The molecule has 2 heterocycles. The molecule has 4 nitrogen and oxygen atoms in total. The summed E-state index contributed by atoms with van der Waals surface area (Å²) in [4.78, 5) is 8.10. The topological polar surface area (TPSA) is 66.2 Å². The number of aliphatic hydroxyl groups is 2. The van der Waals surface area contributed by atoms with Crippen LogP contribution in [0.4, 0.5) is 26.3 Å². The summed E-state index contributed by atoms with van der Waals surface area (Å²) in [6.45, 7) is 8.16. The van der Waals surface area contributed by atoms with Gasteiger partial charge in [0.15, 0.2) is 0 Å². The number of alkyl halides is 6. The number of fused-ring (bicyclic) bond motifs is 2. The summed E-state index contributed by atoms with van der Waals surface area (Å²) in [6, 6.07) is 11.2. The number of halogens is 6. The molecule has 0 unspecified atom stereocenters. The number of aliphatic hydroxyl groups excluding tert-OH is 2. The van der Waals surface area contributed by atoms with Crippen LogP contribution in [0, 0.1) is 0 Å². The molecule has 0 saturated carbocycles. The molecule has 0 saturated heterocycles. The van der Waals surface area contributed by atoms with Crippen LogP contribution >= 0.6 is 22.7 Å². The number of allylic oxidation sites excluding steroid dienone is 2. The predicted molar refractivity (Wildman–Crippen MR) is 141 cm³/mol. The number of benzene rings is 2. The van der Waals surface area contributed by atoms with Crippen molar-refractivity contribution in [3.05, 3.63) is 69.1 Å². The summed E-state index contributed by atoms with van der Waals surface area (Å²) in [5, 5.41) is 18.1. The molecule has 13 heteroatoms. The first-order valence-corrected chi connectivity index (χ1v) is 12.9. The van der Waals surface area contributed by atoms with E-state index in [2.05, 4.69) is 9.97 Å². The van der Waals surface area contributed by atoms with E-state index in [4.69, 9.17) is 10.2 Å². The van der Waals surface area contributed by atoms with Gasteiger partial charge in [-0.05, 0) is 47.2 Å². The molecule has 0 atom stereocenters. The molecule has 39 heavy (non-hydrogen) atoms. The molecular weight excluding hydrogens is 609 g/mol. The fourth-order valence-electron chi connectivity index (χ4n) is 3.16. The van der Waals surface area contributed by atoms with Gasteiger partial charge in [-0.25, -0.2) is 9.97 Å². The number of hydrogen-bond acceptors (Lipinski definition) is 6. The second-order valence-electron chi connectivity index (χ2n) is 8.92. The molecule has 0 aliphatic heterocycles. The maximum Gasteiger partial charge on any atom is 0.448 e. The molecule has 4 aromatic rings. The molecule has 0 aliphatic carbocycles. The van der Waals surface area contributed by atoms with Crippen LogP contribution in [-0.2, 0) is 16.8 Å². The normalized spacial score (nSPS) is 13.1. The molecule has 0 bridgehead atoms. The Kier molecular flexibility index (Phi) is 10.6. The number of thiazole rings is 2. The zero-order valence-corrected chi connectivity index (χ0v) is 23.7. The monoisotopic (exact) mass is 633 g/mol. The summed E-state index contributed by atoms with van der Waals surface area (Å²) < 4.78 is 74.9. The summed E-state index contributed by atoms with van der Waals surface area (Å²) in [6.07, 6.45) is -8.17. The van der Waals surface area contributed by atoms with Crippen molar-refractivity contribution < 1.29 is 53.3 Å². The quantitative estimate of drug-likeness (QED) is 0.174. The number of hydrogen-bond donors (Lipinski definition) is 2. The van der Waals surface area contributed by atoms with Gasteiger partial charge in [0.05, 0.1) is 20.4 Å². The average molecular weight is 634 g/mol. The smallest absolute Gasteiger partial charge is 0.448 e. The van der Waals surface area contributed by atoms with Gasteiger partial charge in [-0.2, -0.15) is 26.3 Å². The van der Waals surface area contributed by atoms with E-state index in [0.717, 1.165) is 43.2 Å².